The second-order valence-corrected chi connectivity index (χ2v) is 5.95. The van der Waals surface area contributed by atoms with Crippen LogP contribution in [0.5, 0.6) is 0 Å². The molecule has 3 rings (SSSR count). The lowest BCUT2D eigenvalue weighted by Gasteiger charge is -2.41. The fourth-order valence-electron chi connectivity index (χ4n) is 3.51. The summed E-state index contributed by atoms with van der Waals surface area (Å²) in [5.74, 6) is -0.127. The van der Waals surface area contributed by atoms with Crippen LogP contribution in [0.15, 0.2) is 11.8 Å². The van der Waals surface area contributed by atoms with Gasteiger partial charge in [-0.05, 0) is 25.7 Å². The van der Waals surface area contributed by atoms with Gasteiger partial charge in [0.05, 0.1) is 38.9 Å². The van der Waals surface area contributed by atoms with Crippen molar-refractivity contribution in [2.45, 2.75) is 37.7 Å². The van der Waals surface area contributed by atoms with Gasteiger partial charge in [0.25, 0.3) is 0 Å². The number of hydrogen-bond acceptors (Lipinski definition) is 3. The summed E-state index contributed by atoms with van der Waals surface area (Å²) in [6, 6.07) is 0. The lowest BCUT2D eigenvalue weighted by Crippen LogP contribution is -3.11. The Balaban J connectivity index is 1.79. The van der Waals surface area contributed by atoms with Gasteiger partial charge < -0.3 is 14.5 Å². The number of carbonyl (C=O) groups is 1. The molecule has 0 bridgehead atoms. The van der Waals surface area contributed by atoms with Crippen LogP contribution in [0.1, 0.15) is 32.1 Å². The van der Waals surface area contributed by atoms with Gasteiger partial charge in [-0.3, -0.25) is 0 Å². The number of nitrogens with zero attached hydrogens (tertiary/aromatic N) is 1. The zero-order chi connectivity index (χ0) is 12.6. The SMILES string of the molecule is C[NH+]1CCN(C2=CC(=O)OC23CCCCC3)CC1. The molecule has 2 heterocycles. The topological polar surface area (TPSA) is 34.0 Å². The lowest BCUT2D eigenvalue weighted by molar-refractivity contribution is -0.884. The number of piperazine rings is 1. The summed E-state index contributed by atoms with van der Waals surface area (Å²) in [7, 11) is 2.23. The molecule has 18 heavy (non-hydrogen) atoms. The van der Waals surface area contributed by atoms with Gasteiger partial charge in [-0.2, -0.15) is 0 Å². The highest BCUT2D eigenvalue weighted by Gasteiger charge is 2.46. The number of quaternary nitrogens is 1. The molecule has 4 heteroatoms. The first-order valence-electron chi connectivity index (χ1n) is 7.21. The molecule has 0 atom stereocenters. The van der Waals surface area contributed by atoms with E-state index in [4.69, 9.17) is 4.74 Å². The fourth-order valence-corrected chi connectivity index (χ4v) is 3.51. The van der Waals surface area contributed by atoms with Gasteiger partial charge in [0, 0.05) is 6.08 Å². The minimum atomic E-state index is -0.263. The molecule has 1 spiro atoms. The number of likely N-dealkylation sites (N-methyl/N-ethyl adjacent to an activating group) is 1. The van der Waals surface area contributed by atoms with Crippen molar-refractivity contribution in [3.05, 3.63) is 11.8 Å². The van der Waals surface area contributed by atoms with Crippen LogP contribution >= 0.6 is 0 Å². The summed E-state index contributed by atoms with van der Waals surface area (Å²) in [6.07, 6.45) is 7.44. The van der Waals surface area contributed by atoms with E-state index < -0.39 is 0 Å². The summed E-state index contributed by atoms with van der Waals surface area (Å²) < 4.78 is 5.70. The van der Waals surface area contributed by atoms with Crippen molar-refractivity contribution in [2.75, 3.05) is 33.2 Å². The third kappa shape index (κ3) is 2.03. The number of nitrogens with one attached hydrogen (secondary N) is 1. The molecule has 4 nitrogen and oxygen atoms in total. The maximum absolute atomic E-state index is 11.7. The molecule has 3 aliphatic rings. The van der Waals surface area contributed by atoms with Gasteiger partial charge in [0.15, 0.2) is 5.60 Å². The predicted molar refractivity (Wildman–Crippen MR) is 68.2 cm³/mol. The number of ether oxygens (including phenoxy) is 1. The van der Waals surface area contributed by atoms with Crippen molar-refractivity contribution in [1.29, 1.82) is 0 Å². The Morgan fingerprint density at radius 2 is 1.89 bits per heavy atom. The van der Waals surface area contributed by atoms with Crippen molar-refractivity contribution < 1.29 is 14.4 Å². The molecule has 2 aliphatic heterocycles. The molecular formula is C14H23N2O2+. The van der Waals surface area contributed by atoms with E-state index in [1.165, 1.54) is 25.0 Å². The Bertz CT molecular complexity index is 364. The van der Waals surface area contributed by atoms with Crippen molar-refractivity contribution in [1.82, 2.24) is 4.90 Å². The standard InChI is InChI=1S/C14H22N2O2/c1-15-7-9-16(10-8-15)12-11-13(17)18-14(12)5-3-2-4-6-14/h11H,2-10H2,1H3/p+1. The van der Waals surface area contributed by atoms with Crippen LogP contribution in [0.25, 0.3) is 0 Å². The second kappa shape index (κ2) is 4.57. The Morgan fingerprint density at radius 3 is 2.56 bits per heavy atom. The van der Waals surface area contributed by atoms with Crippen molar-refractivity contribution >= 4 is 5.97 Å². The van der Waals surface area contributed by atoms with E-state index in [1.54, 1.807) is 11.0 Å². The van der Waals surface area contributed by atoms with E-state index in [-0.39, 0.29) is 11.6 Å². The Labute approximate surface area is 109 Å². The maximum Gasteiger partial charge on any atom is 0.333 e. The van der Waals surface area contributed by atoms with Gasteiger partial charge >= 0.3 is 5.97 Å². The minimum Gasteiger partial charge on any atom is -0.449 e. The lowest BCUT2D eigenvalue weighted by atomic mass is 9.82. The summed E-state index contributed by atoms with van der Waals surface area (Å²) in [6.45, 7) is 4.41. The summed E-state index contributed by atoms with van der Waals surface area (Å²) in [5.41, 5.74) is 0.917. The molecule has 0 unspecified atom stereocenters. The molecule has 0 aromatic carbocycles. The van der Waals surface area contributed by atoms with Crippen LogP contribution < -0.4 is 4.90 Å². The molecule has 1 saturated heterocycles. The smallest absolute Gasteiger partial charge is 0.333 e. The first-order valence-corrected chi connectivity index (χ1v) is 7.21. The number of carbonyl (C=O) groups excluding carboxylic acids is 1. The van der Waals surface area contributed by atoms with Crippen molar-refractivity contribution in [3.8, 4) is 0 Å². The Morgan fingerprint density at radius 1 is 1.22 bits per heavy atom. The molecule has 0 amide bonds. The molecule has 100 valence electrons. The van der Waals surface area contributed by atoms with Crippen LogP contribution in [0, 0.1) is 0 Å². The fraction of sp³-hybridized carbons (Fsp3) is 0.786. The predicted octanol–water partition coefficient (Wildman–Crippen LogP) is -0.0397. The van der Waals surface area contributed by atoms with E-state index >= 15 is 0 Å². The van der Waals surface area contributed by atoms with E-state index in [0.717, 1.165) is 39.0 Å². The third-order valence-electron chi connectivity index (χ3n) is 4.64. The largest absolute Gasteiger partial charge is 0.449 e. The normalized spacial score (nSPS) is 28.4. The zero-order valence-electron chi connectivity index (χ0n) is 11.2. The molecule has 0 radical (unpaired) electrons. The van der Waals surface area contributed by atoms with Crippen LogP contribution in [0.3, 0.4) is 0 Å². The number of esters is 1. The maximum atomic E-state index is 11.7. The first kappa shape index (κ1) is 12.0. The molecule has 1 aliphatic carbocycles. The Kier molecular flexibility index (Phi) is 3.06. The van der Waals surface area contributed by atoms with E-state index in [9.17, 15) is 4.79 Å². The minimum absolute atomic E-state index is 0.127. The van der Waals surface area contributed by atoms with Crippen LogP contribution in [0.2, 0.25) is 0 Å². The number of rotatable bonds is 1. The molecular weight excluding hydrogens is 228 g/mol. The third-order valence-corrected chi connectivity index (χ3v) is 4.64. The van der Waals surface area contributed by atoms with E-state index in [1.807, 2.05) is 0 Å². The summed E-state index contributed by atoms with van der Waals surface area (Å²) >= 11 is 0. The molecule has 0 aromatic heterocycles. The first-order chi connectivity index (χ1) is 8.70. The molecule has 0 aromatic rings. The highest BCUT2D eigenvalue weighted by Crippen LogP contribution is 2.42. The summed E-state index contributed by atoms with van der Waals surface area (Å²) in [5, 5.41) is 0. The monoisotopic (exact) mass is 251 g/mol. The molecule has 1 saturated carbocycles. The second-order valence-electron chi connectivity index (χ2n) is 5.95. The van der Waals surface area contributed by atoms with Crippen LogP contribution in [0.4, 0.5) is 0 Å². The van der Waals surface area contributed by atoms with Crippen molar-refractivity contribution in [2.24, 2.45) is 0 Å². The van der Waals surface area contributed by atoms with Gasteiger partial charge in [0.2, 0.25) is 0 Å². The highest BCUT2D eigenvalue weighted by molar-refractivity contribution is 5.86. The zero-order valence-corrected chi connectivity index (χ0v) is 11.2. The Hall–Kier alpha value is -1.03. The number of hydrogen-bond donors (Lipinski definition) is 1. The van der Waals surface area contributed by atoms with Gasteiger partial charge in [-0.1, -0.05) is 6.42 Å². The van der Waals surface area contributed by atoms with Gasteiger partial charge in [-0.25, -0.2) is 4.79 Å². The summed E-state index contributed by atoms with van der Waals surface area (Å²) in [4.78, 5) is 15.7. The quantitative estimate of drug-likeness (QED) is 0.664. The van der Waals surface area contributed by atoms with Crippen LogP contribution in [-0.2, 0) is 9.53 Å². The van der Waals surface area contributed by atoms with E-state index in [0.29, 0.717) is 0 Å². The van der Waals surface area contributed by atoms with Gasteiger partial charge in [0.1, 0.15) is 0 Å². The highest BCUT2D eigenvalue weighted by atomic mass is 16.6. The van der Waals surface area contributed by atoms with E-state index in [2.05, 4.69) is 11.9 Å². The average molecular weight is 251 g/mol. The molecule has 2 fully saturated rings. The van der Waals surface area contributed by atoms with Gasteiger partial charge in [-0.15, -0.1) is 0 Å². The van der Waals surface area contributed by atoms with Crippen LogP contribution in [-0.4, -0.2) is 49.7 Å². The molecule has 1 N–H and O–H groups in total. The van der Waals surface area contributed by atoms with Crippen molar-refractivity contribution in [3.63, 3.8) is 0 Å². The average Bonchev–Trinajstić information content (AvgIpc) is 2.68.